The Kier molecular flexibility index (Phi) is 3.31. The predicted molar refractivity (Wildman–Crippen MR) is 52.1 cm³/mol. The van der Waals surface area contributed by atoms with Crippen LogP contribution in [0.1, 0.15) is 13.8 Å². The number of hydrogen-bond donors (Lipinski definition) is 3. The van der Waals surface area contributed by atoms with E-state index in [1.165, 1.54) is 6.92 Å². The molecule has 3 atom stereocenters. The van der Waals surface area contributed by atoms with Crippen LogP contribution in [0.4, 0.5) is 0 Å². The van der Waals surface area contributed by atoms with Crippen molar-refractivity contribution in [1.82, 2.24) is 5.32 Å². The molecule has 86 valence electrons. The molecule has 1 amide bonds. The molecule has 1 fully saturated rings. The third-order valence-corrected chi connectivity index (χ3v) is 2.75. The average molecular weight is 216 g/mol. The molecule has 6 nitrogen and oxygen atoms in total. The van der Waals surface area contributed by atoms with E-state index in [1.54, 1.807) is 6.92 Å². The minimum atomic E-state index is -1.07. The highest BCUT2D eigenvalue weighted by Crippen LogP contribution is 2.27. The monoisotopic (exact) mass is 216 g/mol. The molecule has 0 radical (unpaired) electrons. The van der Waals surface area contributed by atoms with E-state index in [4.69, 9.17) is 15.6 Å². The molecule has 1 heterocycles. The van der Waals surface area contributed by atoms with E-state index < -0.39 is 23.5 Å². The molecule has 0 bridgehead atoms. The largest absolute Gasteiger partial charge is 0.480 e. The lowest BCUT2D eigenvalue weighted by atomic mass is 9.84. The summed E-state index contributed by atoms with van der Waals surface area (Å²) in [5, 5.41) is 11.0. The number of nitrogens with two attached hydrogens (primary N) is 1. The van der Waals surface area contributed by atoms with Crippen LogP contribution in [0.25, 0.3) is 0 Å². The first-order chi connectivity index (χ1) is 6.88. The van der Waals surface area contributed by atoms with Crippen molar-refractivity contribution >= 4 is 11.9 Å². The first-order valence-electron chi connectivity index (χ1n) is 4.75. The van der Waals surface area contributed by atoms with Gasteiger partial charge in [-0.3, -0.25) is 9.59 Å². The Hall–Kier alpha value is -1.14. The number of rotatable bonds is 3. The topological polar surface area (TPSA) is 102 Å². The summed E-state index contributed by atoms with van der Waals surface area (Å²) in [4.78, 5) is 22.3. The lowest BCUT2D eigenvalue weighted by Gasteiger charge is -2.26. The Morgan fingerprint density at radius 1 is 1.67 bits per heavy atom. The smallest absolute Gasteiger partial charge is 0.325 e. The van der Waals surface area contributed by atoms with Crippen molar-refractivity contribution in [3.63, 3.8) is 0 Å². The van der Waals surface area contributed by atoms with Gasteiger partial charge in [-0.2, -0.15) is 0 Å². The fourth-order valence-corrected chi connectivity index (χ4v) is 1.35. The Balaban J connectivity index is 2.64. The third kappa shape index (κ3) is 2.27. The maximum absolute atomic E-state index is 11.8. The van der Waals surface area contributed by atoms with Gasteiger partial charge in [-0.05, 0) is 13.8 Å². The molecule has 0 aromatic heterocycles. The van der Waals surface area contributed by atoms with E-state index in [2.05, 4.69) is 5.32 Å². The molecule has 1 saturated heterocycles. The van der Waals surface area contributed by atoms with Gasteiger partial charge < -0.3 is 20.9 Å². The summed E-state index contributed by atoms with van der Waals surface area (Å²) in [7, 11) is 0. The molecule has 0 saturated carbocycles. The maximum Gasteiger partial charge on any atom is 0.325 e. The van der Waals surface area contributed by atoms with Gasteiger partial charge in [0.1, 0.15) is 6.04 Å². The molecule has 4 N–H and O–H groups in total. The highest BCUT2D eigenvalue weighted by molar-refractivity contribution is 5.87. The fourth-order valence-electron chi connectivity index (χ4n) is 1.35. The Morgan fingerprint density at radius 3 is 2.67 bits per heavy atom. The van der Waals surface area contributed by atoms with Crippen LogP contribution in [0.15, 0.2) is 0 Å². The Morgan fingerprint density at radius 2 is 2.27 bits per heavy atom. The minimum absolute atomic E-state index is 0.229. The first-order valence-corrected chi connectivity index (χ1v) is 4.75. The van der Waals surface area contributed by atoms with Gasteiger partial charge in [0.15, 0.2) is 0 Å². The molecule has 6 heteroatoms. The van der Waals surface area contributed by atoms with Crippen LogP contribution in [0, 0.1) is 5.41 Å². The summed E-state index contributed by atoms with van der Waals surface area (Å²) in [6.45, 7) is 3.64. The van der Waals surface area contributed by atoms with Gasteiger partial charge in [0, 0.05) is 6.04 Å². The summed E-state index contributed by atoms with van der Waals surface area (Å²) < 4.78 is 5.10. The van der Waals surface area contributed by atoms with Gasteiger partial charge in [-0.15, -0.1) is 0 Å². The van der Waals surface area contributed by atoms with Crippen molar-refractivity contribution in [2.45, 2.75) is 25.9 Å². The highest BCUT2D eigenvalue weighted by atomic mass is 16.5. The van der Waals surface area contributed by atoms with Crippen LogP contribution < -0.4 is 11.1 Å². The van der Waals surface area contributed by atoms with Crippen molar-refractivity contribution in [2.24, 2.45) is 11.1 Å². The lowest BCUT2D eigenvalue weighted by molar-refractivity contribution is -0.143. The Labute approximate surface area is 87.8 Å². The molecule has 0 aliphatic carbocycles. The normalized spacial score (nSPS) is 32.3. The summed E-state index contributed by atoms with van der Waals surface area (Å²) >= 11 is 0. The van der Waals surface area contributed by atoms with Crippen LogP contribution in [0.2, 0.25) is 0 Å². The van der Waals surface area contributed by atoms with E-state index in [0.29, 0.717) is 6.61 Å². The number of hydrogen-bond acceptors (Lipinski definition) is 4. The van der Waals surface area contributed by atoms with E-state index >= 15 is 0 Å². The van der Waals surface area contributed by atoms with E-state index in [1.807, 2.05) is 0 Å². The van der Waals surface area contributed by atoms with Gasteiger partial charge in [-0.25, -0.2) is 0 Å². The molecule has 1 aliphatic heterocycles. The van der Waals surface area contributed by atoms with Crippen molar-refractivity contribution in [3.8, 4) is 0 Å². The van der Waals surface area contributed by atoms with Gasteiger partial charge in [0.25, 0.3) is 0 Å². The number of carbonyl (C=O) groups is 2. The van der Waals surface area contributed by atoms with E-state index in [0.717, 1.165) is 0 Å². The maximum atomic E-state index is 11.8. The zero-order valence-electron chi connectivity index (χ0n) is 8.82. The van der Waals surface area contributed by atoms with Crippen LogP contribution in [0.5, 0.6) is 0 Å². The molecule has 0 aromatic carbocycles. The number of nitrogens with one attached hydrogen (secondary N) is 1. The van der Waals surface area contributed by atoms with Crippen LogP contribution in [-0.4, -0.2) is 42.3 Å². The number of carboxylic acids is 1. The SMILES string of the molecule is C[C@@H](NC(=O)C1(C)COCC1N)C(=O)O. The second kappa shape index (κ2) is 4.16. The molecular formula is C9H16N2O4. The second-order valence-electron chi connectivity index (χ2n) is 4.07. The van der Waals surface area contributed by atoms with Gasteiger partial charge >= 0.3 is 5.97 Å². The Bertz CT molecular complexity index is 281. The number of amides is 1. The van der Waals surface area contributed by atoms with Crippen LogP contribution in [-0.2, 0) is 14.3 Å². The van der Waals surface area contributed by atoms with Gasteiger partial charge in [-0.1, -0.05) is 0 Å². The van der Waals surface area contributed by atoms with Crippen molar-refractivity contribution in [3.05, 3.63) is 0 Å². The van der Waals surface area contributed by atoms with Crippen LogP contribution in [0.3, 0.4) is 0 Å². The second-order valence-corrected chi connectivity index (χ2v) is 4.07. The van der Waals surface area contributed by atoms with Gasteiger partial charge in [0.2, 0.25) is 5.91 Å². The number of carboxylic acid groups (broad SMARTS) is 1. The first kappa shape index (κ1) is 11.9. The van der Waals surface area contributed by atoms with Crippen molar-refractivity contribution in [1.29, 1.82) is 0 Å². The minimum Gasteiger partial charge on any atom is -0.480 e. The lowest BCUT2D eigenvalue weighted by Crippen LogP contribution is -2.53. The zero-order valence-corrected chi connectivity index (χ0v) is 8.82. The van der Waals surface area contributed by atoms with Crippen molar-refractivity contribution in [2.75, 3.05) is 13.2 Å². The fraction of sp³-hybridized carbons (Fsp3) is 0.778. The average Bonchev–Trinajstić information content (AvgIpc) is 2.48. The summed E-state index contributed by atoms with van der Waals surface area (Å²) in [6, 6.07) is -1.30. The zero-order chi connectivity index (χ0) is 11.6. The number of ether oxygens (including phenoxy) is 1. The molecule has 1 aliphatic rings. The third-order valence-electron chi connectivity index (χ3n) is 2.75. The number of carbonyl (C=O) groups excluding carboxylic acids is 1. The quantitative estimate of drug-likeness (QED) is 0.558. The predicted octanol–water partition coefficient (Wildman–Crippen LogP) is -1.06. The summed E-state index contributed by atoms with van der Waals surface area (Å²) in [5.41, 5.74) is 4.90. The van der Waals surface area contributed by atoms with E-state index in [-0.39, 0.29) is 12.5 Å². The van der Waals surface area contributed by atoms with E-state index in [9.17, 15) is 9.59 Å². The molecule has 0 aromatic rings. The molecule has 2 unspecified atom stereocenters. The molecule has 15 heavy (non-hydrogen) atoms. The molecular weight excluding hydrogens is 200 g/mol. The highest BCUT2D eigenvalue weighted by Gasteiger charge is 2.44. The summed E-state index contributed by atoms with van der Waals surface area (Å²) in [5.74, 6) is -1.44. The molecule has 1 rings (SSSR count). The van der Waals surface area contributed by atoms with Crippen LogP contribution >= 0.6 is 0 Å². The molecule has 0 spiro atoms. The van der Waals surface area contributed by atoms with Gasteiger partial charge in [0.05, 0.1) is 18.6 Å². The summed E-state index contributed by atoms with van der Waals surface area (Å²) in [6.07, 6.45) is 0. The van der Waals surface area contributed by atoms with Crippen molar-refractivity contribution < 1.29 is 19.4 Å². The number of aliphatic carboxylic acids is 1. The standard InChI is InChI=1S/C9H16N2O4/c1-5(7(12)13)11-8(14)9(2)4-15-3-6(9)10/h5-6H,3-4,10H2,1-2H3,(H,11,14)(H,12,13)/t5-,6?,9?/m1/s1.